The maximum Gasteiger partial charge on any atom is 0.257 e. The van der Waals surface area contributed by atoms with Gasteiger partial charge in [0.15, 0.2) is 5.78 Å². The Morgan fingerprint density at radius 3 is 2.26 bits per heavy atom. The number of amidine groups is 1. The summed E-state index contributed by atoms with van der Waals surface area (Å²) in [5.41, 5.74) is 2.43. The van der Waals surface area contributed by atoms with Crippen LogP contribution in [0.3, 0.4) is 0 Å². The van der Waals surface area contributed by atoms with Gasteiger partial charge in [-0.1, -0.05) is 66.9 Å². The Balaban J connectivity index is 1.44. The van der Waals surface area contributed by atoms with Gasteiger partial charge in [-0.3, -0.25) is 15.0 Å². The summed E-state index contributed by atoms with van der Waals surface area (Å²) in [7, 11) is 0. The number of nitrogens with one attached hydrogen (secondary N) is 2. The van der Waals surface area contributed by atoms with Crippen LogP contribution in [0.25, 0.3) is 0 Å². The van der Waals surface area contributed by atoms with E-state index in [0.29, 0.717) is 33.4 Å². The summed E-state index contributed by atoms with van der Waals surface area (Å²) in [6.45, 7) is 1.81. The fourth-order valence-corrected chi connectivity index (χ4v) is 4.21. The predicted molar refractivity (Wildman–Crippen MR) is 135 cm³/mol. The van der Waals surface area contributed by atoms with Crippen molar-refractivity contribution in [1.82, 2.24) is 9.88 Å². The average molecular weight is 475 g/mol. The Labute approximate surface area is 204 Å². The lowest BCUT2D eigenvalue weighted by Crippen LogP contribution is -2.31. The monoisotopic (exact) mass is 474 g/mol. The molecule has 34 heavy (non-hydrogen) atoms. The van der Waals surface area contributed by atoms with Crippen LogP contribution in [0.2, 0.25) is 5.02 Å². The van der Waals surface area contributed by atoms with Crippen LogP contribution >= 0.6 is 11.6 Å². The molecule has 2 aromatic carbocycles. The molecular formula is C27H27ClN4O2. The number of carbonyl (C=O) groups is 2. The van der Waals surface area contributed by atoms with Gasteiger partial charge in [-0.25, -0.2) is 4.98 Å². The SMILES string of the molecule is N=C(c1ccc(C(=O)Cc2ccccc2C(=O)Nc2ccc(Cl)cn2)cc1)N1CCCCCC1. The van der Waals surface area contributed by atoms with Crippen molar-refractivity contribution in [2.24, 2.45) is 0 Å². The van der Waals surface area contributed by atoms with Crippen molar-refractivity contribution in [3.63, 3.8) is 0 Å². The molecule has 1 saturated heterocycles. The number of likely N-dealkylation sites (tertiary alicyclic amines) is 1. The largest absolute Gasteiger partial charge is 0.357 e. The summed E-state index contributed by atoms with van der Waals surface area (Å²) in [5, 5.41) is 11.8. The third kappa shape index (κ3) is 5.88. The van der Waals surface area contributed by atoms with E-state index in [1.54, 1.807) is 42.5 Å². The van der Waals surface area contributed by atoms with Gasteiger partial charge in [-0.2, -0.15) is 0 Å². The molecule has 2 N–H and O–H groups in total. The van der Waals surface area contributed by atoms with Gasteiger partial charge in [-0.05, 0) is 36.6 Å². The minimum atomic E-state index is -0.334. The molecule has 1 aromatic heterocycles. The summed E-state index contributed by atoms with van der Waals surface area (Å²) < 4.78 is 0. The van der Waals surface area contributed by atoms with Crippen LogP contribution in [0.4, 0.5) is 5.82 Å². The minimum Gasteiger partial charge on any atom is -0.357 e. The summed E-state index contributed by atoms with van der Waals surface area (Å²) in [6.07, 6.45) is 6.21. The van der Waals surface area contributed by atoms with Crippen LogP contribution in [-0.4, -0.2) is 40.5 Å². The topological polar surface area (TPSA) is 86.1 Å². The lowest BCUT2D eigenvalue weighted by atomic mass is 9.97. The van der Waals surface area contributed by atoms with Crippen molar-refractivity contribution in [2.45, 2.75) is 32.1 Å². The number of carbonyl (C=O) groups excluding carboxylic acids is 2. The van der Waals surface area contributed by atoms with E-state index in [-0.39, 0.29) is 18.1 Å². The Morgan fingerprint density at radius 1 is 0.912 bits per heavy atom. The number of aromatic nitrogens is 1. The fraction of sp³-hybridized carbons (Fsp3) is 0.259. The van der Waals surface area contributed by atoms with Crippen molar-refractivity contribution in [3.8, 4) is 0 Å². The number of hydrogen-bond donors (Lipinski definition) is 2. The summed E-state index contributed by atoms with van der Waals surface area (Å²) in [4.78, 5) is 32.0. The van der Waals surface area contributed by atoms with E-state index in [1.165, 1.54) is 19.0 Å². The van der Waals surface area contributed by atoms with E-state index in [9.17, 15) is 9.59 Å². The van der Waals surface area contributed by atoms with Crippen LogP contribution in [0.1, 0.15) is 57.5 Å². The van der Waals surface area contributed by atoms with Crippen LogP contribution in [0.15, 0.2) is 66.9 Å². The molecule has 1 aliphatic heterocycles. The highest BCUT2D eigenvalue weighted by atomic mass is 35.5. The van der Waals surface area contributed by atoms with Crippen LogP contribution in [0.5, 0.6) is 0 Å². The molecule has 6 nitrogen and oxygen atoms in total. The molecule has 0 atom stereocenters. The molecule has 0 unspecified atom stereocenters. The van der Waals surface area contributed by atoms with Gasteiger partial charge in [0.05, 0.1) is 5.02 Å². The minimum absolute atomic E-state index is 0.0854. The molecule has 0 spiro atoms. The number of nitrogens with zero attached hydrogens (tertiary/aromatic N) is 2. The molecule has 0 aliphatic carbocycles. The molecule has 0 saturated carbocycles. The fourth-order valence-electron chi connectivity index (χ4n) is 4.10. The molecule has 1 amide bonds. The Bertz CT molecular complexity index is 1170. The number of benzene rings is 2. The first kappa shape index (κ1) is 23.6. The zero-order valence-electron chi connectivity index (χ0n) is 18.9. The van der Waals surface area contributed by atoms with Gasteiger partial charge in [0, 0.05) is 42.4 Å². The average Bonchev–Trinajstić information content (AvgIpc) is 3.15. The van der Waals surface area contributed by atoms with E-state index in [2.05, 4.69) is 15.2 Å². The zero-order valence-corrected chi connectivity index (χ0v) is 19.6. The van der Waals surface area contributed by atoms with Gasteiger partial charge < -0.3 is 10.2 Å². The van der Waals surface area contributed by atoms with Crippen molar-refractivity contribution in [1.29, 1.82) is 5.41 Å². The molecule has 174 valence electrons. The Hall–Kier alpha value is -3.51. The van der Waals surface area contributed by atoms with Crippen molar-refractivity contribution in [3.05, 3.63) is 94.1 Å². The second-order valence-electron chi connectivity index (χ2n) is 8.40. The van der Waals surface area contributed by atoms with E-state index in [1.807, 2.05) is 18.2 Å². The van der Waals surface area contributed by atoms with Crippen molar-refractivity contribution >= 4 is 34.9 Å². The standard InChI is InChI=1S/C27H27ClN4O2/c28-22-13-14-25(30-18-22)31-27(34)23-8-4-3-7-21(23)17-24(33)19-9-11-20(12-10-19)26(29)32-15-5-1-2-6-16-32/h3-4,7-14,18,29H,1-2,5-6,15-17H2,(H,30,31,34). The molecule has 2 heterocycles. The second-order valence-corrected chi connectivity index (χ2v) is 8.84. The van der Waals surface area contributed by atoms with Gasteiger partial charge >= 0.3 is 0 Å². The van der Waals surface area contributed by atoms with Gasteiger partial charge in [0.25, 0.3) is 5.91 Å². The molecule has 4 rings (SSSR count). The zero-order chi connectivity index (χ0) is 23.9. The quantitative estimate of drug-likeness (QED) is 0.276. The summed E-state index contributed by atoms with van der Waals surface area (Å²) in [5.74, 6) is 0.480. The lowest BCUT2D eigenvalue weighted by molar-refractivity contribution is 0.0992. The lowest BCUT2D eigenvalue weighted by Gasteiger charge is -2.23. The molecule has 1 aliphatic rings. The van der Waals surface area contributed by atoms with Gasteiger partial charge in [0.2, 0.25) is 0 Å². The van der Waals surface area contributed by atoms with Crippen LogP contribution in [0, 0.1) is 5.41 Å². The van der Waals surface area contributed by atoms with E-state index >= 15 is 0 Å². The van der Waals surface area contributed by atoms with Crippen molar-refractivity contribution in [2.75, 3.05) is 18.4 Å². The number of hydrogen-bond acceptors (Lipinski definition) is 4. The third-order valence-corrected chi connectivity index (χ3v) is 6.21. The number of halogens is 1. The first-order valence-electron chi connectivity index (χ1n) is 11.5. The number of Topliss-reactive ketones (excluding diaryl/α,β-unsaturated/α-hetero) is 1. The first-order chi connectivity index (χ1) is 16.5. The highest BCUT2D eigenvalue weighted by Gasteiger charge is 2.17. The number of amides is 1. The predicted octanol–water partition coefficient (Wildman–Crippen LogP) is 5.61. The molecule has 0 bridgehead atoms. The number of pyridine rings is 1. The third-order valence-electron chi connectivity index (χ3n) is 5.98. The summed E-state index contributed by atoms with van der Waals surface area (Å²) >= 11 is 5.85. The second kappa shape index (κ2) is 11.1. The molecular weight excluding hydrogens is 448 g/mol. The van der Waals surface area contributed by atoms with Crippen molar-refractivity contribution < 1.29 is 9.59 Å². The van der Waals surface area contributed by atoms with Crippen LogP contribution < -0.4 is 5.32 Å². The molecule has 7 heteroatoms. The van der Waals surface area contributed by atoms with E-state index in [0.717, 1.165) is 31.5 Å². The first-order valence-corrected chi connectivity index (χ1v) is 11.9. The maximum absolute atomic E-state index is 13.0. The normalized spacial score (nSPS) is 13.7. The molecule has 3 aromatic rings. The summed E-state index contributed by atoms with van der Waals surface area (Å²) in [6, 6.07) is 17.5. The number of ketones is 1. The molecule has 0 radical (unpaired) electrons. The van der Waals surface area contributed by atoms with Gasteiger partial charge in [0.1, 0.15) is 11.7 Å². The highest BCUT2D eigenvalue weighted by molar-refractivity contribution is 6.30. The Kier molecular flexibility index (Phi) is 7.70. The van der Waals surface area contributed by atoms with Gasteiger partial charge in [-0.15, -0.1) is 0 Å². The van der Waals surface area contributed by atoms with E-state index < -0.39 is 0 Å². The van der Waals surface area contributed by atoms with E-state index in [4.69, 9.17) is 17.0 Å². The highest BCUT2D eigenvalue weighted by Crippen LogP contribution is 2.18. The Morgan fingerprint density at radius 2 is 1.59 bits per heavy atom. The van der Waals surface area contributed by atoms with Crippen LogP contribution in [-0.2, 0) is 6.42 Å². The molecule has 1 fully saturated rings. The number of rotatable bonds is 6. The maximum atomic E-state index is 13.0. The number of anilines is 1. The smallest absolute Gasteiger partial charge is 0.257 e.